The molecule has 2 aromatic carbocycles. The topological polar surface area (TPSA) is 73.8 Å². The fraction of sp³-hybridized carbons (Fsp3) is 0.308. The summed E-state index contributed by atoms with van der Waals surface area (Å²) in [5.74, 6) is -0.252. The zero-order valence-corrected chi connectivity index (χ0v) is 20.6. The molecule has 1 saturated heterocycles. The average molecular weight is 479 g/mol. The molecule has 178 valence electrons. The van der Waals surface area contributed by atoms with Crippen LogP contribution in [0.15, 0.2) is 71.9 Å². The summed E-state index contributed by atoms with van der Waals surface area (Å²) in [6.07, 6.45) is 3.56. The fourth-order valence-corrected chi connectivity index (χ4v) is 6.30. The van der Waals surface area contributed by atoms with Crippen molar-refractivity contribution in [2.45, 2.75) is 25.7 Å². The molecule has 0 spiro atoms. The number of ketones is 1. The lowest BCUT2D eigenvalue weighted by molar-refractivity contribution is 0.101. The average Bonchev–Trinajstić information content (AvgIpc) is 2.85. The monoisotopic (exact) mass is 478 g/mol. The smallest absolute Gasteiger partial charge is 0.265 e. The zero-order valence-electron chi connectivity index (χ0n) is 19.8. The van der Waals surface area contributed by atoms with Crippen LogP contribution in [0, 0.1) is 6.92 Å². The van der Waals surface area contributed by atoms with Gasteiger partial charge in [-0.3, -0.25) is 14.1 Å². The Bertz CT molecular complexity index is 1260. The number of para-hydroxylation sites is 1. The SMILES string of the molecule is CCN(c1ccccc1)S(=O)(=O)c1ccc(C)c(N2CCN(c3ccncc3)CC2)c1C(C)=O. The summed E-state index contributed by atoms with van der Waals surface area (Å²) in [6, 6.07) is 16.3. The molecule has 34 heavy (non-hydrogen) atoms. The number of nitrogens with zero attached hydrogens (tertiary/aromatic N) is 4. The van der Waals surface area contributed by atoms with Crippen molar-refractivity contribution in [2.75, 3.05) is 46.8 Å². The van der Waals surface area contributed by atoms with Gasteiger partial charge in [-0.25, -0.2) is 8.42 Å². The van der Waals surface area contributed by atoms with Gasteiger partial charge >= 0.3 is 0 Å². The van der Waals surface area contributed by atoms with Gasteiger partial charge in [0, 0.05) is 50.8 Å². The molecule has 0 N–H and O–H groups in total. The maximum absolute atomic E-state index is 13.8. The van der Waals surface area contributed by atoms with Gasteiger partial charge < -0.3 is 9.80 Å². The van der Waals surface area contributed by atoms with Gasteiger partial charge in [0.2, 0.25) is 0 Å². The van der Waals surface area contributed by atoms with E-state index in [1.165, 1.54) is 11.2 Å². The molecule has 8 heteroatoms. The second kappa shape index (κ2) is 9.85. The van der Waals surface area contributed by atoms with Gasteiger partial charge in [0.05, 0.1) is 16.9 Å². The number of anilines is 3. The van der Waals surface area contributed by atoms with Crippen LogP contribution < -0.4 is 14.1 Å². The standard InChI is InChI=1S/C26H30N4O3S/c1-4-30(23-8-6-5-7-9-23)34(32,33)24-11-10-20(2)26(25(24)21(3)31)29-18-16-28(17-19-29)22-12-14-27-15-13-22/h5-15H,4,16-19H2,1-3H3. The van der Waals surface area contributed by atoms with Gasteiger partial charge in [0.25, 0.3) is 10.0 Å². The Morgan fingerprint density at radius 2 is 1.56 bits per heavy atom. The number of hydrogen-bond donors (Lipinski definition) is 0. The molecule has 1 aliphatic rings. The molecule has 1 aromatic heterocycles. The van der Waals surface area contributed by atoms with Gasteiger partial charge in [-0.1, -0.05) is 24.3 Å². The molecule has 4 rings (SSSR count). The Labute approximate surface area is 201 Å². The highest BCUT2D eigenvalue weighted by Gasteiger charge is 2.32. The van der Waals surface area contributed by atoms with E-state index in [0.717, 1.165) is 24.3 Å². The Balaban J connectivity index is 1.72. The number of benzene rings is 2. The van der Waals surface area contributed by atoms with Crippen LogP contribution >= 0.6 is 0 Å². The Hall–Kier alpha value is -3.39. The number of rotatable bonds is 7. The second-order valence-electron chi connectivity index (χ2n) is 8.35. The molecule has 0 bridgehead atoms. The normalized spacial score (nSPS) is 14.2. The molecule has 0 saturated carbocycles. The van der Waals surface area contributed by atoms with E-state index in [0.29, 0.717) is 24.5 Å². The minimum absolute atomic E-state index is 0.0582. The lowest BCUT2D eigenvalue weighted by Gasteiger charge is -2.39. The van der Waals surface area contributed by atoms with Crippen LogP contribution in [0.3, 0.4) is 0 Å². The van der Waals surface area contributed by atoms with E-state index in [1.807, 2.05) is 43.3 Å². The number of aryl methyl sites for hydroxylation is 1. The van der Waals surface area contributed by atoms with E-state index < -0.39 is 10.0 Å². The number of pyridine rings is 1. The van der Waals surface area contributed by atoms with E-state index in [4.69, 9.17) is 0 Å². The number of aromatic nitrogens is 1. The molecule has 1 fully saturated rings. The number of hydrogen-bond acceptors (Lipinski definition) is 6. The molecule has 7 nitrogen and oxygen atoms in total. The van der Waals surface area contributed by atoms with Crippen molar-refractivity contribution in [1.82, 2.24) is 4.98 Å². The van der Waals surface area contributed by atoms with Crippen LogP contribution in [0.1, 0.15) is 29.8 Å². The van der Waals surface area contributed by atoms with Gasteiger partial charge in [-0.2, -0.15) is 0 Å². The van der Waals surface area contributed by atoms with Crippen LogP contribution in [0.5, 0.6) is 0 Å². The lowest BCUT2D eigenvalue weighted by atomic mass is 10.0. The van der Waals surface area contributed by atoms with E-state index in [2.05, 4.69) is 14.8 Å². The predicted octanol–water partition coefficient (Wildman–Crippen LogP) is 4.13. The Kier molecular flexibility index (Phi) is 6.88. The number of carbonyl (C=O) groups excluding carboxylic acids is 1. The third kappa shape index (κ3) is 4.50. The van der Waals surface area contributed by atoms with Crippen molar-refractivity contribution in [1.29, 1.82) is 0 Å². The number of piperazine rings is 1. The first-order valence-corrected chi connectivity index (χ1v) is 12.9. The minimum Gasteiger partial charge on any atom is -0.368 e. The van der Waals surface area contributed by atoms with Gasteiger partial charge in [-0.05, 0) is 56.7 Å². The summed E-state index contributed by atoms with van der Waals surface area (Å²) in [7, 11) is -3.94. The lowest BCUT2D eigenvalue weighted by Crippen LogP contribution is -2.47. The number of carbonyl (C=O) groups is 1. The third-order valence-electron chi connectivity index (χ3n) is 6.22. The summed E-state index contributed by atoms with van der Waals surface area (Å²) < 4.78 is 29.0. The fourth-order valence-electron chi connectivity index (χ4n) is 4.59. The van der Waals surface area contributed by atoms with Gasteiger partial charge in [-0.15, -0.1) is 0 Å². The number of Topliss-reactive ketones (excluding diaryl/α,β-unsaturated/α-hetero) is 1. The van der Waals surface area contributed by atoms with E-state index in [9.17, 15) is 13.2 Å². The maximum Gasteiger partial charge on any atom is 0.265 e. The first-order valence-electron chi connectivity index (χ1n) is 11.5. The predicted molar refractivity (Wildman–Crippen MR) is 136 cm³/mol. The highest BCUT2D eigenvalue weighted by molar-refractivity contribution is 7.93. The third-order valence-corrected chi connectivity index (χ3v) is 8.16. The molecule has 0 aliphatic carbocycles. The van der Waals surface area contributed by atoms with Crippen molar-refractivity contribution in [2.24, 2.45) is 0 Å². The number of sulfonamides is 1. The first-order chi connectivity index (χ1) is 16.3. The molecule has 0 atom stereocenters. The van der Waals surface area contributed by atoms with Crippen molar-refractivity contribution in [3.8, 4) is 0 Å². The maximum atomic E-state index is 13.8. The van der Waals surface area contributed by atoms with Crippen molar-refractivity contribution in [3.63, 3.8) is 0 Å². The molecule has 2 heterocycles. The Morgan fingerprint density at radius 1 is 0.941 bits per heavy atom. The van der Waals surface area contributed by atoms with Gasteiger partial charge in [0.1, 0.15) is 4.90 Å². The molecular weight excluding hydrogens is 448 g/mol. The van der Waals surface area contributed by atoms with Crippen LogP contribution in [0.2, 0.25) is 0 Å². The molecule has 1 aliphatic heterocycles. The summed E-state index contributed by atoms with van der Waals surface area (Å²) in [5, 5.41) is 0. The molecular formula is C26H30N4O3S. The highest BCUT2D eigenvalue weighted by atomic mass is 32.2. The van der Waals surface area contributed by atoms with E-state index in [1.54, 1.807) is 37.5 Å². The second-order valence-corrected chi connectivity index (χ2v) is 10.2. The molecule has 0 amide bonds. The summed E-state index contributed by atoms with van der Waals surface area (Å²) in [5.41, 5.74) is 3.56. The van der Waals surface area contributed by atoms with Crippen LogP contribution in [0.25, 0.3) is 0 Å². The largest absolute Gasteiger partial charge is 0.368 e. The quantitative estimate of drug-likeness (QED) is 0.476. The minimum atomic E-state index is -3.94. The van der Waals surface area contributed by atoms with Crippen molar-refractivity contribution >= 4 is 32.9 Å². The van der Waals surface area contributed by atoms with Crippen LogP contribution in [-0.2, 0) is 10.0 Å². The van der Waals surface area contributed by atoms with Gasteiger partial charge in [0.15, 0.2) is 5.78 Å². The summed E-state index contributed by atoms with van der Waals surface area (Å²) in [6.45, 7) is 8.34. The molecule has 0 unspecified atom stereocenters. The summed E-state index contributed by atoms with van der Waals surface area (Å²) in [4.78, 5) is 21.5. The van der Waals surface area contributed by atoms with Crippen molar-refractivity contribution in [3.05, 3.63) is 78.1 Å². The molecule has 0 radical (unpaired) electrons. The summed E-state index contributed by atoms with van der Waals surface area (Å²) >= 11 is 0. The van der Waals surface area contributed by atoms with Crippen LogP contribution in [0.4, 0.5) is 17.1 Å². The van der Waals surface area contributed by atoms with E-state index in [-0.39, 0.29) is 22.8 Å². The first kappa shape index (κ1) is 23.8. The van der Waals surface area contributed by atoms with Crippen LogP contribution in [-0.4, -0.2) is 51.9 Å². The van der Waals surface area contributed by atoms with E-state index >= 15 is 0 Å². The molecule has 3 aromatic rings. The zero-order chi connectivity index (χ0) is 24.3. The Morgan fingerprint density at radius 3 is 2.15 bits per heavy atom. The highest BCUT2D eigenvalue weighted by Crippen LogP contribution is 2.35. The van der Waals surface area contributed by atoms with Crippen molar-refractivity contribution < 1.29 is 13.2 Å².